The number of carbonyl (C=O) groups is 2. The number of esters is 1. The summed E-state index contributed by atoms with van der Waals surface area (Å²) in [5.74, 6) is -0.574. The van der Waals surface area contributed by atoms with Crippen LogP contribution in [0.5, 0.6) is 0 Å². The Morgan fingerprint density at radius 3 is 2.41 bits per heavy atom. The zero-order valence-corrected chi connectivity index (χ0v) is 17.9. The summed E-state index contributed by atoms with van der Waals surface area (Å²) in [5.41, 5.74) is 3.27. The maximum absolute atomic E-state index is 12.5. The number of amides is 1. The molecular formula is C23H22ClNO3S. The Labute approximate surface area is 179 Å². The SMILES string of the molecule is COC(=O)c1c(NC(=O)CCCc2ccc(Cl)cc2)sc(C)c1-c1ccccc1. The molecule has 2 aromatic carbocycles. The second kappa shape index (κ2) is 9.72. The first kappa shape index (κ1) is 21.1. The quantitative estimate of drug-likeness (QED) is 0.462. The van der Waals surface area contributed by atoms with Crippen LogP contribution in [-0.4, -0.2) is 19.0 Å². The summed E-state index contributed by atoms with van der Waals surface area (Å²) in [5, 5.41) is 4.14. The fourth-order valence-electron chi connectivity index (χ4n) is 3.18. The number of carbonyl (C=O) groups excluding carboxylic acids is 2. The molecule has 0 fully saturated rings. The van der Waals surface area contributed by atoms with Crippen LogP contribution in [0.2, 0.25) is 5.02 Å². The van der Waals surface area contributed by atoms with Crippen LogP contribution in [0.25, 0.3) is 11.1 Å². The van der Waals surface area contributed by atoms with Crippen molar-refractivity contribution >= 4 is 39.8 Å². The van der Waals surface area contributed by atoms with E-state index in [-0.39, 0.29) is 5.91 Å². The molecule has 0 bridgehead atoms. The van der Waals surface area contributed by atoms with E-state index in [0.717, 1.165) is 28.0 Å². The van der Waals surface area contributed by atoms with E-state index in [2.05, 4.69) is 5.32 Å². The topological polar surface area (TPSA) is 55.4 Å². The Balaban J connectivity index is 1.73. The number of halogens is 1. The van der Waals surface area contributed by atoms with Crippen molar-refractivity contribution in [3.05, 3.63) is 75.6 Å². The lowest BCUT2D eigenvalue weighted by Gasteiger charge is -2.08. The number of anilines is 1. The van der Waals surface area contributed by atoms with E-state index in [1.54, 1.807) is 0 Å². The fourth-order valence-corrected chi connectivity index (χ4v) is 4.38. The lowest BCUT2D eigenvalue weighted by Crippen LogP contribution is -2.14. The zero-order chi connectivity index (χ0) is 20.8. The molecule has 0 saturated carbocycles. The lowest BCUT2D eigenvalue weighted by atomic mass is 10.0. The predicted octanol–water partition coefficient (Wildman–Crippen LogP) is 6.12. The standard InChI is InChI=1S/C23H22ClNO3S/c1-15-20(17-8-4-3-5-9-17)21(23(27)28-2)22(29-15)25-19(26)10-6-7-16-11-13-18(24)14-12-16/h3-5,8-9,11-14H,6-7,10H2,1-2H3,(H,25,26). The van der Waals surface area contributed by atoms with Gasteiger partial charge in [-0.15, -0.1) is 11.3 Å². The third kappa shape index (κ3) is 5.25. The van der Waals surface area contributed by atoms with E-state index in [0.29, 0.717) is 28.4 Å². The van der Waals surface area contributed by atoms with Crippen molar-refractivity contribution in [1.82, 2.24) is 0 Å². The summed E-state index contributed by atoms with van der Waals surface area (Å²) in [6.07, 6.45) is 1.85. The van der Waals surface area contributed by atoms with Crippen molar-refractivity contribution in [3.63, 3.8) is 0 Å². The third-order valence-electron chi connectivity index (χ3n) is 4.57. The first-order chi connectivity index (χ1) is 14.0. The molecule has 1 aromatic heterocycles. The van der Waals surface area contributed by atoms with Crippen LogP contribution < -0.4 is 5.32 Å². The number of ether oxygens (including phenoxy) is 1. The highest BCUT2D eigenvalue weighted by molar-refractivity contribution is 7.17. The minimum Gasteiger partial charge on any atom is -0.465 e. The number of benzene rings is 2. The second-order valence-corrected chi connectivity index (χ2v) is 8.28. The van der Waals surface area contributed by atoms with Crippen LogP contribution >= 0.6 is 22.9 Å². The van der Waals surface area contributed by atoms with Gasteiger partial charge in [-0.05, 0) is 43.0 Å². The van der Waals surface area contributed by atoms with Gasteiger partial charge in [-0.1, -0.05) is 54.1 Å². The molecule has 0 saturated heterocycles. The predicted molar refractivity (Wildman–Crippen MR) is 119 cm³/mol. The van der Waals surface area contributed by atoms with Crippen molar-refractivity contribution in [3.8, 4) is 11.1 Å². The largest absolute Gasteiger partial charge is 0.465 e. The molecule has 0 unspecified atom stereocenters. The maximum Gasteiger partial charge on any atom is 0.341 e. The molecule has 0 aliphatic rings. The summed E-state index contributed by atoms with van der Waals surface area (Å²) in [7, 11) is 1.35. The number of aryl methyl sites for hydroxylation is 2. The van der Waals surface area contributed by atoms with Gasteiger partial charge in [-0.25, -0.2) is 4.79 Å². The van der Waals surface area contributed by atoms with Crippen molar-refractivity contribution < 1.29 is 14.3 Å². The summed E-state index contributed by atoms with van der Waals surface area (Å²) in [6.45, 7) is 1.94. The Morgan fingerprint density at radius 2 is 1.76 bits per heavy atom. The second-order valence-electron chi connectivity index (χ2n) is 6.62. The van der Waals surface area contributed by atoms with Gasteiger partial charge in [-0.2, -0.15) is 0 Å². The highest BCUT2D eigenvalue weighted by atomic mass is 35.5. The number of hydrogen-bond acceptors (Lipinski definition) is 4. The van der Waals surface area contributed by atoms with Crippen molar-refractivity contribution in [1.29, 1.82) is 0 Å². The average molecular weight is 428 g/mol. The summed E-state index contributed by atoms with van der Waals surface area (Å²) < 4.78 is 4.99. The van der Waals surface area contributed by atoms with E-state index < -0.39 is 5.97 Å². The Kier molecular flexibility index (Phi) is 7.07. The highest BCUT2D eigenvalue weighted by Crippen LogP contribution is 2.40. The van der Waals surface area contributed by atoms with Gasteiger partial charge in [0, 0.05) is 21.9 Å². The summed E-state index contributed by atoms with van der Waals surface area (Å²) in [4.78, 5) is 25.9. The Bertz CT molecular complexity index is 997. The van der Waals surface area contributed by atoms with Crippen LogP contribution in [0.4, 0.5) is 5.00 Å². The molecule has 150 valence electrons. The molecule has 0 spiro atoms. The van der Waals surface area contributed by atoms with Gasteiger partial charge in [0.05, 0.1) is 7.11 Å². The number of thiophene rings is 1. The minimum absolute atomic E-state index is 0.120. The molecule has 29 heavy (non-hydrogen) atoms. The zero-order valence-electron chi connectivity index (χ0n) is 16.3. The van der Waals surface area contributed by atoms with Crippen molar-refractivity contribution in [2.24, 2.45) is 0 Å². The third-order valence-corrected chi connectivity index (χ3v) is 5.84. The van der Waals surface area contributed by atoms with Gasteiger partial charge in [0.2, 0.25) is 5.91 Å². The van der Waals surface area contributed by atoms with Gasteiger partial charge >= 0.3 is 5.97 Å². The Hall–Kier alpha value is -2.63. The Morgan fingerprint density at radius 1 is 1.07 bits per heavy atom. The molecule has 6 heteroatoms. The van der Waals surface area contributed by atoms with E-state index in [1.807, 2.05) is 61.5 Å². The normalized spacial score (nSPS) is 10.6. The number of methoxy groups -OCH3 is 1. The summed E-state index contributed by atoms with van der Waals surface area (Å²) >= 11 is 7.29. The van der Waals surface area contributed by atoms with Crippen LogP contribution in [-0.2, 0) is 16.0 Å². The molecule has 3 aromatic rings. The molecule has 4 nitrogen and oxygen atoms in total. The van der Waals surface area contributed by atoms with Gasteiger partial charge in [0.25, 0.3) is 0 Å². The molecule has 1 N–H and O–H groups in total. The van der Waals surface area contributed by atoms with Crippen molar-refractivity contribution in [2.75, 3.05) is 12.4 Å². The number of hydrogen-bond donors (Lipinski definition) is 1. The van der Waals surface area contributed by atoms with E-state index in [4.69, 9.17) is 16.3 Å². The molecule has 0 radical (unpaired) electrons. The van der Waals surface area contributed by atoms with Gasteiger partial charge in [0.1, 0.15) is 10.6 Å². The average Bonchev–Trinajstić information content (AvgIpc) is 3.05. The van der Waals surface area contributed by atoms with E-state index in [1.165, 1.54) is 18.4 Å². The highest BCUT2D eigenvalue weighted by Gasteiger charge is 2.24. The molecular weight excluding hydrogens is 406 g/mol. The first-order valence-electron chi connectivity index (χ1n) is 9.31. The number of rotatable bonds is 7. The summed E-state index contributed by atoms with van der Waals surface area (Å²) in [6, 6.07) is 17.3. The lowest BCUT2D eigenvalue weighted by molar-refractivity contribution is -0.116. The molecule has 0 aliphatic carbocycles. The minimum atomic E-state index is -0.454. The molecule has 1 amide bonds. The van der Waals surface area contributed by atoms with Gasteiger partial charge in [-0.3, -0.25) is 4.79 Å². The van der Waals surface area contributed by atoms with Gasteiger partial charge in [0.15, 0.2) is 0 Å². The van der Waals surface area contributed by atoms with Gasteiger partial charge < -0.3 is 10.1 Å². The monoisotopic (exact) mass is 427 g/mol. The number of nitrogens with one attached hydrogen (secondary N) is 1. The van der Waals surface area contributed by atoms with E-state index >= 15 is 0 Å². The molecule has 0 atom stereocenters. The molecule has 1 heterocycles. The van der Waals surface area contributed by atoms with Crippen LogP contribution in [0.1, 0.15) is 33.6 Å². The van der Waals surface area contributed by atoms with Crippen LogP contribution in [0, 0.1) is 6.92 Å². The van der Waals surface area contributed by atoms with Crippen molar-refractivity contribution in [2.45, 2.75) is 26.2 Å². The molecule has 0 aliphatic heterocycles. The van der Waals surface area contributed by atoms with Crippen LogP contribution in [0.3, 0.4) is 0 Å². The van der Waals surface area contributed by atoms with E-state index in [9.17, 15) is 9.59 Å². The van der Waals surface area contributed by atoms with Crippen LogP contribution in [0.15, 0.2) is 54.6 Å². The first-order valence-corrected chi connectivity index (χ1v) is 10.5. The fraction of sp³-hybridized carbons (Fsp3) is 0.217. The maximum atomic E-state index is 12.5. The molecule has 3 rings (SSSR count). The smallest absolute Gasteiger partial charge is 0.341 e.